The van der Waals surface area contributed by atoms with Gasteiger partial charge in [0.1, 0.15) is 0 Å². The topological polar surface area (TPSA) is 17.8 Å². The van der Waals surface area contributed by atoms with Crippen molar-refractivity contribution >= 4 is 32.6 Å². The quantitative estimate of drug-likeness (QED) is 0.200. The van der Waals surface area contributed by atoms with Crippen LogP contribution in [0.4, 0.5) is 0 Å². The average molecular weight is 579 g/mol. The molecule has 12 rings (SSSR count). The minimum absolute atomic E-state index is 0.0868. The van der Waals surface area contributed by atoms with E-state index in [1.54, 1.807) is 11.1 Å². The monoisotopic (exact) mass is 578 g/mol. The molecule has 5 aliphatic rings. The van der Waals surface area contributed by atoms with Crippen LogP contribution in [-0.4, -0.2) is 9.55 Å². The molecule has 45 heavy (non-hydrogen) atoms. The molecule has 2 heteroatoms. The van der Waals surface area contributed by atoms with E-state index in [2.05, 4.69) is 119 Å². The molecule has 0 aliphatic heterocycles. The standard InChI is InChI=1S/C43H34N2/c1-2-9-34-29(6-1)12-13-37-38-15-14-36-35-10-3-4-11-39(35)43(31-21-26-20-27(23-31)24-32(43)22-26)40(36)42(38)45(41(34)37)33-8-5-7-30(25-33)28-16-18-44-19-17-28/h1-19,25-27,31-32H,20-24H2. The first-order valence-corrected chi connectivity index (χ1v) is 16.9. The number of hydrogen-bond donors (Lipinski definition) is 0. The number of nitrogens with zero attached hydrogens (tertiary/aromatic N) is 2. The lowest BCUT2D eigenvalue weighted by Gasteiger charge is -2.61. The summed E-state index contributed by atoms with van der Waals surface area (Å²) in [5.41, 5.74) is 12.7. The van der Waals surface area contributed by atoms with Crippen molar-refractivity contribution in [1.29, 1.82) is 0 Å². The van der Waals surface area contributed by atoms with Crippen LogP contribution in [0.25, 0.3) is 60.5 Å². The molecule has 0 N–H and O–H groups in total. The molecule has 4 bridgehead atoms. The van der Waals surface area contributed by atoms with Crippen molar-refractivity contribution < 1.29 is 0 Å². The third-order valence-corrected chi connectivity index (χ3v) is 12.4. The van der Waals surface area contributed by atoms with Gasteiger partial charge in [0.2, 0.25) is 0 Å². The van der Waals surface area contributed by atoms with Crippen LogP contribution in [0.3, 0.4) is 0 Å². The van der Waals surface area contributed by atoms with E-state index in [1.165, 1.54) is 92.6 Å². The Kier molecular flexibility index (Phi) is 4.77. The molecule has 4 fully saturated rings. The zero-order chi connectivity index (χ0) is 29.3. The molecule has 0 unspecified atom stereocenters. The van der Waals surface area contributed by atoms with Gasteiger partial charge in [-0.05, 0) is 119 Å². The van der Waals surface area contributed by atoms with Gasteiger partial charge in [-0.1, -0.05) is 84.9 Å². The van der Waals surface area contributed by atoms with Crippen LogP contribution < -0.4 is 0 Å². The summed E-state index contributed by atoms with van der Waals surface area (Å²) in [6, 6.07) is 41.6. The number of fused-ring (bicyclic) bond motifs is 9. The fourth-order valence-corrected chi connectivity index (χ4v) is 11.1. The number of hydrogen-bond acceptors (Lipinski definition) is 1. The third kappa shape index (κ3) is 3.08. The summed E-state index contributed by atoms with van der Waals surface area (Å²) in [4.78, 5) is 4.30. The van der Waals surface area contributed by atoms with Crippen molar-refractivity contribution in [2.24, 2.45) is 23.7 Å². The molecule has 5 aliphatic carbocycles. The van der Waals surface area contributed by atoms with Crippen molar-refractivity contribution in [3.05, 3.63) is 133 Å². The Morgan fingerprint density at radius 3 is 2.13 bits per heavy atom. The molecular formula is C43H34N2. The van der Waals surface area contributed by atoms with Gasteiger partial charge in [-0.2, -0.15) is 0 Å². The van der Waals surface area contributed by atoms with E-state index in [0.717, 1.165) is 11.8 Å². The molecule has 2 nitrogen and oxygen atoms in total. The SMILES string of the molecule is c1cc(-c2ccncc2)cc(-n2c3c4c(ccc3c3ccc5ccccc5c32)-c2ccccc2C42C3CC4CC(C3)CC2C4)c1. The molecule has 0 atom stereocenters. The van der Waals surface area contributed by atoms with E-state index in [-0.39, 0.29) is 5.41 Å². The second kappa shape index (κ2) is 8.73. The Balaban J connectivity index is 1.32. The van der Waals surface area contributed by atoms with Gasteiger partial charge >= 0.3 is 0 Å². The first-order chi connectivity index (χ1) is 22.3. The van der Waals surface area contributed by atoms with E-state index in [9.17, 15) is 0 Å². The van der Waals surface area contributed by atoms with Crippen LogP contribution in [-0.2, 0) is 5.41 Å². The second-order valence-electron chi connectivity index (χ2n) is 14.4. The van der Waals surface area contributed by atoms with Gasteiger partial charge in [0.15, 0.2) is 0 Å². The Labute approximate surface area is 263 Å². The van der Waals surface area contributed by atoms with Crippen molar-refractivity contribution in [2.45, 2.75) is 37.5 Å². The Morgan fingerprint density at radius 2 is 1.29 bits per heavy atom. The van der Waals surface area contributed by atoms with Gasteiger partial charge in [0.05, 0.1) is 11.0 Å². The predicted molar refractivity (Wildman–Crippen MR) is 185 cm³/mol. The van der Waals surface area contributed by atoms with Gasteiger partial charge in [-0.15, -0.1) is 0 Å². The zero-order valence-corrected chi connectivity index (χ0v) is 25.3. The first kappa shape index (κ1) is 24.6. The van der Waals surface area contributed by atoms with E-state index < -0.39 is 0 Å². The first-order valence-electron chi connectivity index (χ1n) is 16.9. The fraction of sp³-hybridized carbons (Fsp3) is 0.233. The van der Waals surface area contributed by atoms with Gasteiger partial charge in [-0.25, -0.2) is 0 Å². The molecule has 216 valence electrons. The van der Waals surface area contributed by atoms with Crippen LogP contribution in [0.15, 0.2) is 122 Å². The molecule has 0 radical (unpaired) electrons. The maximum absolute atomic E-state index is 4.30. The van der Waals surface area contributed by atoms with Crippen LogP contribution in [0.5, 0.6) is 0 Å². The second-order valence-corrected chi connectivity index (χ2v) is 14.4. The summed E-state index contributed by atoms with van der Waals surface area (Å²) in [6.07, 6.45) is 10.8. The van der Waals surface area contributed by atoms with E-state index in [4.69, 9.17) is 0 Å². The normalized spacial score (nSPS) is 25.9. The maximum Gasteiger partial charge on any atom is 0.0619 e. The van der Waals surface area contributed by atoms with Gasteiger partial charge < -0.3 is 4.57 Å². The van der Waals surface area contributed by atoms with Crippen molar-refractivity contribution in [1.82, 2.24) is 9.55 Å². The maximum atomic E-state index is 4.30. The summed E-state index contributed by atoms with van der Waals surface area (Å²) in [5.74, 6) is 3.27. The zero-order valence-electron chi connectivity index (χ0n) is 25.3. The Hall–Kier alpha value is -4.69. The summed E-state index contributed by atoms with van der Waals surface area (Å²) < 4.78 is 2.68. The molecule has 2 aromatic heterocycles. The third-order valence-electron chi connectivity index (χ3n) is 12.4. The molecule has 0 amide bonds. The molecule has 5 aromatic carbocycles. The number of rotatable bonds is 2. The average Bonchev–Trinajstić information content (AvgIpc) is 3.59. The highest BCUT2D eigenvalue weighted by Gasteiger charge is 2.62. The van der Waals surface area contributed by atoms with Crippen molar-refractivity contribution in [3.8, 4) is 27.9 Å². The van der Waals surface area contributed by atoms with Crippen LogP contribution in [0.1, 0.15) is 43.2 Å². The molecular weight excluding hydrogens is 544 g/mol. The number of pyridine rings is 1. The largest absolute Gasteiger partial charge is 0.308 e. The van der Waals surface area contributed by atoms with Crippen LogP contribution in [0.2, 0.25) is 0 Å². The Morgan fingerprint density at radius 1 is 0.556 bits per heavy atom. The molecule has 0 saturated heterocycles. The lowest BCUT2D eigenvalue weighted by molar-refractivity contribution is -0.0394. The van der Waals surface area contributed by atoms with Gasteiger partial charge in [0, 0.05) is 39.7 Å². The fourth-order valence-electron chi connectivity index (χ4n) is 11.1. The highest BCUT2D eigenvalue weighted by atomic mass is 15.0. The predicted octanol–water partition coefficient (Wildman–Crippen LogP) is 10.7. The highest BCUT2D eigenvalue weighted by molar-refractivity contribution is 6.20. The molecule has 2 heterocycles. The summed E-state index contributed by atoms with van der Waals surface area (Å²) in [5, 5.41) is 5.37. The summed E-state index contributed by atoms with van der Waals surface area (Å²) >= 11 is 0. The van der Waals surface area contributed by atoms with E-state index in [0.29, 0.717) is 11.8 Å². The summed E-state index contributed by atoms with van der Waals surface area (Å²) in [7, 11) is 0. The highest BCUT2D eigenvalue weighted by Crippen LogP contribution is 2.70. The number of aromatic nitrogens is 2. The molecule has 4 saturated carbocycles. The van der Waals surface area contributed by atoms with Crippen LogP contribution >= 0.6 is 0 Å². The lowest BCUT2D eigenvalue weighted by Crippen LogP contribution is -2.55. The summed E-state index contributed by atoms with van der Waals surface area (Å²) in [6.45, 7) is 0. The minimum atomic E-state index is 0.0868. The molecule has 1 spiro atoms. The van der Waals surface area contributed by atoms with Crippen molar-refractivity contribution in [2.75, 3.05) is 0 Å². The number of benzene rings is 5. The Bertz CT molecular complexity index is 2310. The lowest BCUT2D eigenvalue weighted by atomic mass is 9.43. The van der Waals surface area contributed by atoms with Crippen LogP contribution in [0, 0.1) is 23.7 Å². The smallest absolute Gasteiger partial charge is 0.0619 e. The van der Waals surface area contributed by atoms with Gasteiger partial charge in [-0.3, -0.25) is 4.98 Å². The minimum Gasteiger partial charge on any atom is -0.308 e. The van der Waals surface area contributed by atoms with Crippen molar-refractivity contribution in [3.63, 3.8) is 0 Å². The van der Waals surface area contributed by atoms with Gasteiger partial charge in [0.25, 0.3) is 0 Å². The molecule has 7 aromatic rings. The van der Waals surface area contributed by atoms with E-state index in [1.807, 2.05) is 12.4 Å². The van der Waals surface area contributed by atoms with E-state index >= 15 is 0 Å².